The maximum Gasteiger partial charge on any atom is 0.242 e. The summed E-state index contributed by atoms with van der Waals surface area (Å²) in [5.74, 6) is 0.874. The van der Waals surface area contributed by atoms with Crippen molar-refractivity contribution in [3.63, 3.8) is 0 Å². The Morgan fingerprint density at radius 1 is 1.13 bits per heavy atom. The molecule has 2 aromatic carbocycles. The maximum absolute atomic E-state index is 12.4. The third-order valence-corrected chi connectivity index (χ3v) is 6.31. The first-order valence-corrected chi connectivity index (χ1v) is 10.5. The molecule has 1 N–H and O–H groups in total. The normalized spacial score (nSPS) is 11.6. The zero-order valence-electron chi connectivity index (χ0n) is 17.1. The quantitative estimate of drug-likeness (QED) is 0.575. The fourth-order valence-electron chi connectivity index (χ4n) is 2.82. The van der Waals surface area contributed by atoms with Crippen LogP contribution >= 0.6 is 0 Å². The number of hydrogen-bond acceptors (Lipinski definition) is 7. The summed E-state index contributed by atoms with van der Waals surface area (Å²) >= 11 is 0. The van der Waals surface area contributed by atoms with E-state index in [2.05, 4.69) is 15.6 Å². The largest absolute Gasteiger partial charge is 0.497 e. The molecule has 30 heavy (non-hydrogen) atoms. The van der Waals surface area contributed by atoms with Crippen LogP contribution < -0.4 is 14.8 Å². The number of methoxy groups -OCH3 is 2. The van der Waals surface area contributed by atoms with Crippen molar-refractivity contribution in [1.82, 2.24) is 19.3 Å². The van der Waals surface area contributed by atoms with Gasteiger partial charge in [-0.3, -0.25) is 4.79 Å². The molecule has 0 saturated carbocycles. The van der Waals surface area contributed by atoms with E-state index in [9.17, 15) is 13.2 Å². The Balaban J connectivity index is 1.73. The van der Waals surface area contributed by atoms with Crippen LogP contribution in [0.4, 0.5) is 5.69 Å². The second-order valence-corrected chi connectivity index (χ2v) is 8.77. The van der Waals surface area contributed by atoms with Crippen LogP contribution in [0.5, 0.6) is 11.5 Å². The van der Waals surface area contributed by atoms with Crippen LogP contribution in [-0.4, -0.2) is 61.9 Å². The van der Waals surface area contributed by atoms with Crippen molar-refractivity contribution in [2.24, 2.45) is 0 Å². The molecule has 0 aliphatic carbocycles. The van der Waals surface area contributed by atoms with Crippen LogP contribution in [0.15, 0.2) is 41.3 Å². The van der Waals surface area contributed by atoms with Crippen molar-refractivity contribution in [3.05, 3.63) is 36.4 Å². The van der Waals surface area contributed by atoms with Crippen LogP contribution in [0.25, 0.3) is 11.0 Å². The lowest BCUT2D eigenvalue weighted by molar-refractivity contribution is -0.116. The van der Waals surface area contributed by atoms with Gasteiger partial charge in [0.25, 0.3) is 0 Å². The van der Waals surface area contributed by atoms with Gasteiger partial charge in [0.05, 0.1) is 36.9 Å². The highest BCUT2D eigenvalue weighted by atomic mass is 32.2. The third kappa shape index (κ3) is 4.36. The Kier molecular flexibility index (Phi) is 6.22. The number of fused-ring (bicyclic) bond motifs is 1. The van der Waals surface area contributed by atoms with Crippen LogP contribution in [0, 0.1) is 0 Å². The van der Waals surface area contributed by atoms with Crippen molar-refractivity contribution in [1.29, 1.82) is 0 Å². The summed E-state index contributed by atoms with van der Waals surface area (Å²) in [7, 11) is 2.43. The first-order valence-electron chi connectivity index (χ1n) is 9.04. The van der Waals surface area contributed by atoms with E-state index < -0.39 is 10.0 Å². The fourth-order valence-corrected chi connectivity index (χ4v) is 3.74. The monoisotopic (exact) mass is 433 g/mol. The number of carbonyl (C=O) groups excluding carboxylic acids is 1. The van der Waals surface area contributed by atoms with E-state index in [1.165, 1.54) is 33.3 Å². The molecule has 0 aliphatic heterocycles. The minimum absolute atomic E-state index is 0.134. The highest BCUT2D eigenvalue weighted by Crippen LogP contribution is 2.29. The van der Waals surface area contributed by atoms with Crippen molar-refractivity contribution in [2.75, 3.05) is 33.6 Å². The molecule has 160 valence electrons. The van der Waals surface area contributed by atoms with Crippen molar-refractivity contribution in [2.45, 2.75) is 17.9 Å². The predicted octanol–water partition coefficient (Wildman–Crippen LogP) is 1.73. The molecular formula is C19H23N5O5S. The number of ether oxygens (including phenoxy) is 2. The summed E-state index contributed by atoms with van der Waals surface area (Å²) in [5.41, 5.74) is 1.58. The van der Waals surface area contributed by atoms with E-state index in [1.54, 1.807) is 36.1 Å². The maximum atomic E-state index is 12.4. The summed E-state index contributed by atoms with van der Waals surface area (Å²) < 4.78 is 37.7. The van der Waals surface area contributed by atoms with Crippen LogP contribution in [0.2, 0.25) is 0 Å². The van der Waals surface area contributed by atoms with E-state index in [0.717, 1.165) is 4.31 Å². The number of rotatable bonds is 8. The molecule has 10 nitrogen and oxygen atoms in total. The number of aryl methyl sites for hydroxylation is 1. The first kappa shape index (κ1) is 21.5. The van der Waals surface area contributed by atoms with Crippen LogP contribution in [-0.2, 0) is 21.4 Å². The molecule has 0 saturated heterocycles. The molecule has 0 spiro atoms. The lowest BCUT2D eigenvalue weighted by atomic mass is 10.2. The Bertz CT molecular complexity index is 1170. The SMILES string of the molecule is COc1ccc(OC)c(NC(=O)CCn2nnc3cc(S(=O)(=O)N(C)C)ccc32)c1. The second kappa shape index (κ2) is 8.67. The van der Waals surface area contributed by atoms with E-state index in [0.29, 0.717) is 28.2 Å². The lowest BCUT2D eigenvalue weighted by Crippen LogP contribution is -2.22. The average Bonchev–Trinajstić information content (AvgIpc) is 3.14. The van der Waals surface area contributed by atoms with E-state index >= 15 is 0 Å². The molecule has 0 unspecified atom stereocenters. The van der Waals surface area contributed by atoms with Gasteiger partial charge in [-0.1, -0.05) is 5.21 Å². The lowest BCUT2D eigenvalue weighted by Gasteiger charge is -2.12. The fraction of sp³-hybridized carbons (Fsp3) is 0.316. The van der Waals surface area contributed by atoms with Gasteiger partial charge in [-0.25, -0.2) is 17.4 Å². The molecule has 1 amide bonds. The van der Waals surface area contributed by atoms with Crippen molar-refractivity contribution < 1.29 is 22.7 Å². The second-order valence-electron chi connectivity index (χ2n) is 6.61. The van der Waals surface area contributed by atoms with Crippen molar-refractivity contribution >= 4 is 32.7 Å². The van der Waals surface area contributed by atoms with Crippen LogP contribution in [0.3, 0.4) is 0 Å². The highest BCUT2D eigenvalue weighted by Gasteiger charge is 2.19. The topological polar surface area (TPSA) is 116 Å². The molecule has 0 atom stereocenters. The van der Waals surface area contributed by atoms with Gasteiger partial charge < -0.3 is 14.8 Å². The number of nitrogens with zero attached hydrogens (tertiary/aromatic N) is 4. The first-order chi connectivity index (χ1) is 14.3. The molecule has 1 heterocycles. The Morgan fingerprint density at radius 2 is 1.90 bits per heavy atom. The molecule has 0 bridgehead atoms. The van der Waals surface area contributed by atoms with Crippen LogP contribution in [0.1, 0.15) is 6.42 Å². The molecule has 0 aliphatic rings. The number of nitrogens with one attached hydrogen (secondary N) is 1. The molecule has 0 radical (unpaired) electrons. The molecule has 11 heteroatoms. The van der Waals surface area contributed by atoms with Gasteiger partial charge in [-0.2, -0.15) is 0 Å². The molecule has 3 rings (SSSR count). The van der Waals surface area contributed by atoms with E-state index in [1.807, 2.05) is 0 Å². The predicted molar refractivity (Wildman–Crippen MR) is 111 cm³/mol. The van der Waals surface area contributed by atoms with Gasteiger partial charge >= 0.3 is 0 Å². The molecular weight excluding hydrogens is 410 g/mol. The Labute approximate surface area is 174 Å². The molecule has 3 aromatic rings. The van der Waals surface area contributed by atoms with Gasteiger partial charge in [0.2, 0.25) is 15.9 Å². The van der Waals surface area contributed by atoms with Gasteiger partial charge in [-0.15, -0.1) is 5.10 Å². The summed E-state index contributed by atoms with van der Waals surface area (Å²) in [6.45, 7) is 0.272. The number of aromatic nitrogens is 3. The number of carbonyl (C=O) groups is 1. The van der Waals surface area contributed by atoms with Gasteiger partial charge in [0, 0.05) is 26.6 Å². The minimum atomic E-state index is -3.56. The van der Waals surface area contributed by atoms with Gasteiger partial charge in [-0.05, 0) is 30.3 Å². The smallest absolute Gasteiger partial charge is 0.242 e. The summed E-state index contributed by atoms with van der Waals surface area (Å²) in [5, 5.41) is 10.9. The zero-order valence-corrected chi connectivity index (χ0v) is 17.9. The van der Waals surface area contributed by atoms with Gasteiger partial charge in [0.1, 0.15) is 17.0 Å². The summed E-state index contributed by atoms with van der Waals surface area (Å²) in [6, 6.07) is 9.72. The summed E-state index contributed by atoms with van der Waals surface area (Å²) in [6.07, 6.45) is 0.135. The number of hydrogen-bond donors (Lipinski definition) is 1. The van der Waals surface area contributed by atoms with Gasteiger partial charge in [0.15, 0.2) is 0 Å². The standard InChI is InChI=1S/C19H23N5O5S/c1-23(2)30(26,27)14-6-7-17-15(12-14)21-22-24(17)10-9-19(25)20-16-11-13(28-3)5-8-18(16)29-4/h5-8,11-12H,9-10H2,1-4H3,(H,20,25). The Hall–Kier alpha value is -3.18. The molecule has 0 fully saturated rings. The van der Waals surface area contributed by atoms with Crippen molar-refractivity contribution in [3.8, 4) is 11.5 Å². The number of benzene rings is 2. The average molecular weight is 433 g/mol. The molecule has 1 aromatic heterocycles. The Morgan fingerprint density at radius 3 is 2.57 bits per heavy atom. The van der Waals surface area contributed by atoms with E-state index in [4.69, 9.17) is 9.47 Å². The summed E-state index contributed by atoms with van der Waals surface area (Å²) in [4.78, 5) is 12.6. The zero-order chi connectivity index (χ0) is 21.9. The minimum Gasteiger partial charge on any atom is -0.497 e. The van der Waals surface area contributed by atoms with E-state index in [-0.39, 0.29) is 23.8 Å². The number of anilines is 1. The number of sulfonamides is 1. The highest BCUT2D eigenvalue weighted by molar-refractivity contribution is 7.89. The third-order valence-electron chi connectivity index (χ3n) is 4.50. The number of amides is 1.